The fourth-order valence-corrected chi connectivity index (χ4v) is 6.08. The van der Waals surface area contributed by atoms with Crippen LogP contribution in [0.4, 0.5) is 22.0 Å². The number of hydrogen-bond acceptors (Lipinski definition) is 6. The molecule has 258 valence electrons. The van der Waals surface area contributed by atoms with Crippen LogP contribution in [0.15, 0.2) is 72.8 Å². The highest BCUT2D eigenvalue weighted by Crippen LogP contribution is 2.47. The van der Waals surface area contributed by atoms with E-state index >= 15 is 0 Å². The number of halogens is 5. The van der Waals surface area contributed by atoms with E-state index < -0.39 is 29.7 Å². The maximum absolute atomic E-state index is 14.4. The Balaban J connectivity index is 1.03. The number of hydrogen-bond donors (Lipinski definition) is 0. The highest BCUT2D eigenvalue weighted by atomic mass is 19.4. The van der Waals surface area contributed by atoms with Gasteiger partial charge >= 0.3 is 12.3 Å². The maximum atomic E-state index is 14.4. The van der Waals surface area contributed by atoms with Gasteiger partial charge in [0.15, 0.2) is 11.6 Å². The lowest BCUT2D eigenvalue weighted by molar-refractivity contribution is -0.276. The van der Waals surface area contributed by atoms with Crippen LogP contribution < -0.4 is 14.2 Å². The lowest BCUT2D eigenvalue weighted by Crippen LogP contribution is -2.45. The van der Waals surface area contributed by atoms with E-state index in [-0.39, 0.29) is 16.9 Å². The van der Waals surface area contributed by atoms with Crippen LogP contribution in [-0.4, -0.2) is 45.4 Å². The zero-order chi connectivity index (χ0) is 34.8. The van der Waals surface area contributed by atoms with Gasteiger partial charge in [-0.15, -0.1) is 13.2 Å². The molecule has 0 bridgehead atoms. The molecule has 0 saturated carbocycles. The predicted octanol–water partition coefficient (Wildman–Crippen LogP) is 9.48. The van der Waals surface area contributed by atoms with Crippen LogP contribution in [0.2, 0.25) is 0 Å². The average Bonchev–Trinajstić information content (AvgIpc) is 3.33. The molecule has 1 atom stereocenters. The fraction of sp³-hybridized carbons (Fsp3) is 0.342. The van der Waals surface area contributed by atoms with Gasteiger partial charge in [-0.3, -0.25) is 0 Å². The van der Waals surface area contributed by atoms with Crippen LogP contribution in [0.5, 0.6) is 17.2 Å². The molecular formula is C38H35F5O6. The molecule has 4 aromatic carbocycles. The standard InChI is InChI=1S/C38H35F5O6/c1-3-37(21-46-22-37)20-45-14-4-5-15-47-27-9-6-24(7-10-27)36(44)48-28-11-13-30-29-12-8-25(16-31(29)23(2)32(30)19-28)26-17-33(39)35(34(40)18-26)49-38(41,42)43/h6-13,16-19,23H,3-5,14-15,20-22H2,1-2H3. The number of fused-ring (bicyclic) bond motifs is 3. The molecule has 11 heteroatoms. The Morgan fingerprint density at radius 1 is 0.837 bits per heavy atom. The summed E-state index contributed by atoms with van der Waals surface area (Å²) in [5, 5.41) is 0. The van der Waals surface area contributed by atoms with Crippen LogP contribution in [0.25, 0.3) is 22.3 Å². The van der Waals surface area contributed by atoms with E-state index in [0.29, 0.717) is 35.8 Å². The number of ether oxygens (including phenoxy) is 5. The van der Waals surface area contributed by atoms with Crippen molar-refractivity contribution in [1.82, 2.24) is 0 Å². The third-order valence-corrected chi connectivity index (χ3v) is 9.07. The molecule has 0 N–H and O–H groups in total. The predicted molar refractivity (Wildman–Crippen MR) is 172 cm³/mol. The molecular weight excluding hydrogens is 647 g/mol. The Kier molecular flexibility index (Phi) is 9.94. The number of carbonyl (C=O) groups is 1. The third-order valence-electron chi connectivity index (χ3n) is 9.07. The minimum atomic E-state index is -5.23. The summed E-state index contributed by atoms with van der Waals surface area (Å²) in [6.07, 6.45) is -2.46. The summed E-state index contributed by atoms with van der Waals surface area (Å²) in [5.41, 5.74) is 4.56. The van der Waals surface area contributed by atoms with Crippen molar-refractivity contribution in [2.45, 2.75) is 45.4 Å². The molecule has 1 heterocycles. The summed E-state index contributed by atoms with van der Waals surface area (Å²) >= 11 is 0. The quantitative estimate of drug-likeness (QED) is 0.0606. The van der Waals surface area contributed by atoms with Gasteiger partial charge in [0.2, 0.25) is 5.75 Å². The van der Waals surface area contributed by atoms with Crippen molar-refractivity contribution in [3.63, 3.8) is 0 Å². The largest absolute Gasteiger partial charge is 0.573 e. The molecule has 4 aromatic rings. The Bertz CT molecular complexity index is 1790. The molecule has 1 saturated heterocycles. The van der Waals surface area contributed by atoms with E-state index in [0.717, 1.165) is 73.5 Å². The van der Waals surface area contributed by atoms with Crippen LogP contribution in [0, 0.1) is 17.0 Å². The van der Waals surface area contributed by atoms with Gasteiger partial charge in [-0.05, 0) is 107 Å². The third kappa shape index (κ3) is 7.73. The minimum absolute atomic E-state index is 0.0618. The fourth-order valence-electron chi connectivity index (χ4n) is 6.08. The van der Waals surface area contributed by atoms with Crippen molar-refractivity contribution < 1.29 is 50.4 Å². The lowest BCUT2D eigenvalue weighted by atomic mass is 9.84. The molecule has 0 radical (unpaired) electrons. The van der Waals surface area contributed by atoms with Crippen LogP contribution in [0.3, 0.4) is 0 Å². The first-order valence-corrected chi connectivity index (χ1v) is 16.1. The van der Waals surface area contributed by atoms with E-state index in [1.54, 1.807) is 54.6 Å². The molecule has 0 aromatic heterocycles. The number of rotatable bonds is 13. The van der Waals surface area contributed by atoms with Crippen molar-refractivity contribution in [3.8, 4) is 39.5 Å². The van der Waals surface area contributed by atoms with E-state index in [1.807, 2.05) is 13.0 Å². The van der Waals surface area contributed by atoms with E-state index in [4.69, 9.17) is 18.9 Å². The number of unbranched alkanes of at least 4 members (excludes halogenated alkanes) is 1. The monoisotopic (exact) mass is 682 g/mol. The van der Waals surface area contributed by atoms with Crippen LogP contribution >= 0.6 is 0 Å². The number of alkyl halides is 3. The SMILES string of the molecule is CCC1(COCCCCOc2ccc(C(=O)Oc3ccc4c(c3)C(C)c3cc(-c5cc(F)c(OC(F)(F)F)c(F)c5)ccc3-4)cc2)COC1. The Morgan fingerprint density at radius 2 is 1.47 bits per heavy atom. The lowest BCUT2D eigenvalue weighted by Gasteiger charge is -2.40. The number of esters is 1. The summed E-state index contributed by atoms with van der Waals surface area (Å²) in [6, 6.07) is 18.8. The second-order valence-electron chi connectivity index (χ2n) is 12.5. The number of carbonyl (C=O) groups excluding carboxylic acids is 1. The van der Waals surface area contributed by atoms with Gasteiger partial charge in [0.05, 0.1) is 32.0 Å². The molecule has 0 amide bonds. The topological polar surface area (TPSA) is 63.2 Å². The minimum Gasteiger partial charge on any atom is -0.494 e. The van der Waals surface area contributed by atoms with Gasteiger partial charge in [-0.2, -0.15) is 0 Å². The molecule has 2 aliphatic rings. The first-order chi connectivity index (χ1) is 23.4. The molecule has 0 spiro atoms. The Hall–Kier alpha value is -4.48. The second kappa shape index (κ2) is 14.2. The molecule has 49 heavy (non-hydrogen) atoms. The summed E-state index contributed by atoms with van der Waals surface area (Å²) in [7, 11) is 0. The van der Waals surface area contributed by atoms with Gasteiger partial charge in [-0.1, -0.05) is 32.0 Å². The van der Waals surface area contributed by atoms with E-state index in [2.05, 4.69) is 11.7 Å². The highest BCUT2D eigenvalue weighted by molar-refractivity contribution is 5.91. The normalized spacial score (nSPS) is 16.0. The van der Waals surface area contributed by atoms with Gasteiger partial charge in [0, 0.05) is 17.9 Å². The zero-order valence-electron chi connectivity index (χ0n) is 27.0. The van der Waals surface area contributed by atoms with Gasteiger partial charge in [-0.25, -0.2) is 13.6 Å². The molecule has 1 aliphatic heterocycles. The van der Waals surface area contributed by atoms with E-state index in [1.165, 1.54) is 0 Å². The van der Waals surface area contributed by atoms with Crippen molar-refractivity contribution in [1.29, 1.82) is 0 Å². The van der Waals surface area contributed by atoms with E-state index in [9.17, 15) is 26.7 Å². The smallest absolute Gasteiger partial charge is 0.494 e. The molecule has 1 fully saturated rings. The Labute approximate surface area is 280 Å². The maximum Gasteiger partial charge on any atom is 0.573 e. The van der Waals surface area contributed by atoms with Crippen molar-refractivity contribution >= 4 is 5.97 Å². The summed E-state index contributed by atoms with van der Waals surface area (Å²) < 4.78 is 92.7. The first kappa shape index (κ1) is 34.4. The summed E-state index contributed by atoms with van der Waals surface area (Å²) in [6.45, 7) is 7.57. The highest BCUT2D eigenvalue weighted by Gasteiger charge is 2.37. The molecule has 1 unspecified atom stereocenters. The van der Waals surface area contributed by atoms with Crippen molar-refractivity contribution in [2.75, 3.05) is 33.0 Å². The zero-order valence-corrected chi connectivity index (χ0v) is 27.0. The molecule has 1 aliphatic carbocycles. The van der Waals surface area contributed by atoms with Gasteiger partial charge in [0.1, 0.15) is 11.5 Å². The van der Waals surface area contributed by atoms with Crippen LogP contribution in [-0.2, 0) is 9.47 Å². The van der Waals surface area contributed by atoms with Crippen LogP contribution in [0.1, 0.15) is 60.5 Å². The molecule has 6 nitrogen and oxygen atoms in total. The average molecular weight is 683 g/mol. The summed E-state index contributed by atoms with van der Waals surface area (Å²) in [5.74, 6) is -4.13. The Morgan fingerprint density at radius 3 is 2.10 bits per heavy atom. The van der Waals surface area contributed by atoms with Crippen molar-refractivity contribution in [3.05, 3.63) is 101 Å². The number of benzene rings is 4. The van der Waals surface area contributed by atoms with Gasteiger partial charge in [0.25, 0.3) is 0 Å². The van der Waals surface area contributed by atoms with Crippen molar-refractivity contribution in [2.24, 2.45) is 5.41 Å². The summed E-state index contributed by atoms with van der Waals surface area (Å²) in [4.78, 5) is 12.9. The second-order valence-corrected chi connectivity index (χ2v) is 12.5. The van der Waals surface area contributed by atoms with Gasteiger partial charge < -0.3 is 23.7 Å². The first-order valence-electron chi connectivity index (χ1n) is 16.1. The molecule has 6 rings (SSSR count).